The molecule has 4 unspecified atom stereocenters. The number of carbonyl (C=O) groups is 1. The molecule has 1 aromatic carbocycles. The van der Waals surface area contributed by atoms with E-state index in [1.165, 1.54) is 18.4 Å². The molecule has 1 saturated carbocycles. The number of nitrogens with one attached hydrogen (secondary N) is 1. The molecule has 4 atom stereocenters. The van der Waals surface area contributed by atoms with Crippen molar-refractivity contribution in [2.75, 3.05) is 26.2 Å². The van der Waals surface area contributed by atoms with Gasteiger partial charge in [-0.2, -0.15) is 5.26 Å². The molecular formula is C23H34N4O. The summed E-state index contributed by atoms with van der Waals surface area (Å²) in [5, 5.41) is 12.2. The van der Waals surface area contributed by atoms with E-state index >= 15 is 0 Å². The highest BCUT2D eigenvalue weighted by molar-refractivity contribution is 5.81. The Balaban J connectivity index is 1.45. The SMILES string of the molecule is CC1CCCC(NC(=O)C(C)N2CCN(Cc3ccc(C#N)cc3)CC2)C1C. The van der Waals surface area contributed by atoms with Crippen LogP contribution in [0, 0.1) is 23.2 Å². The molecule has 1 N–H and O–H groups in total. The number of piperazine rings is 1. The van der Waals surface area contributed by atoms with E-state index in [4.69, 9.17) is 5.26 Å². The Bertz CT molecular complexity index is 688. The zero-order valence-electron chi connectivity index (χ0n) is 17.5. The third-order valence-corrected chi connectivity index (χ3v) is 6.86. The maximum atomic E-state index is 12.8. The number of amides is 1. The van der Waals surface area contributed by atoms with E-state index in [2.05, 4.69) is 35.0 Å². The fraction of sp³-hybridized carbons (Fsp3) is 0.652. The molecule has 0 spiro atoms. The lowest BCUT2D eigenvalue weighted by Gasteiger charge is -2.39. The first-order valence-corrected chi connectivity index (χ1v) is 10.7. The molecule has 1 aliphatic heterocycles. The Morgan fingerprint density at radius 3 is 2.50 bits per heavy atom. The molecule has 2 fully saturated rings. The van der Waals surface area contributed by atoms with Gasteiger partial charge in [-0.05, 0) is 42.9 Å². The van der Waals surface area contributed by atoms with Crippen LogP contribution in [0.2, 0.25) is 0 Å². The second-order valence-electron chi connectivity index (χ2n) is 8.68. The molecule has 5 heteroatoms. The molecule has 5 nitrogen and oxygen atoms in total. The van der Waals surface area contributed by atoms with Crippen LogP contribution in [0.5, 0.6) is 0 Å². The second-order valence-corrected chi connectivity index (χ2v) is 8.68. The van der Waals surface area contributed by atoms with Crippen molar-refractivity contribution in [2.45, 2.75) is 58.7 Å². The Labute approximate surface area is 169 Å². The van der Waals surface area contributed by atoms with Crippen LogP contribution < -0.4 is 5.32 Å². The Morgan fingerprint density at radius 1 is 1.18 bits per heavy atom. The largest absolute Gasteiger partial charge is 0.352 e. The van der Waals surface area contributed by atoms with Gasteiger partial charge in [-0.15, -0.1) is 0 Å². The van der Waals surface area contributed by atoms with Gasteiger partial charge in [0.25, 0.3) is 0 Å². The number of hydrogen-bond donors (Lipinski definition) is 1. The summed E-state index contributed by atoms with van der Waals surface area (Å²) in [5.41, 5.74) is 1.94. The zero-order chi connectivity index (χ0) is 20.1. The summed E-state index contributed by atoms with van der Waals surface area (Å²) >= 11 is 0. The van der Waals surface area contributed by atoms with Crippen molar-refractivity contribution in [1.82, 2.24) is 15.1 Å². The number of nitrogens with zero attached hydrogens (tertiary/aromatic N) is 3. The van der Waals surface area contributed by atoms with Crippen LogP contribution >= 0.6 is 0 Å². The van der Waals surface area contributed by atoms with Crippen LogP contribution in [-0.2, 0) is 11.3 Å². The summed E-state index contributed by atoms with van der Waals surface area (Å²) in [6.45, 7) is 11.3. The summed E-state index contributed by atoms with van der Waals surface area (Å²) in [4.78, 5) is 17.5. The van der Waals surface area contributed by atoms with E-state index in [-0.39, 0.29) is 11.9 Å². The van der Waals surface area contributed by atoms with Gasteiger partial charge in [-0.25, -0.2) is 0 Å². The average molecular weight is 383 g/mol. The second kappa shape index (κ2) is 9.54. The molecular weight excluding hydrogens is 348 g/mol. The number of rotatable bonds is 5. The highest BCUT2D eigenvalue weighted by atomic mass is 16.2. The van der Waals surface area contributed by atoms with E-state index in [0.717, 1.165) is 39.1 Å². The van der Waals surface area contributed by atoms with Crippen molar-refractivity contribution < 1.29 is 4.79 Å². The van der Waals surface area contributed by atoms with E-state index in [0.29, 0.717) is 23.4 Å². The first-order chi connectivity index (χ1) is 13.5. The van der Waals surface area contributed by atoms with Crippen LogP contribution in [-0.4, -0.2) is 54.0 Å². The van der Waals surface area contributed by atoms with Crippen LogP contribution in [0.3, 0.4) is 0 Å². The lowest BCUT2D eigenvalue weighted by molar-refractivity contribution is -0.128. The monoisotopic (exact) mass is 382 g/mol. The normalized spacial score (nSPS) is 27.7. The standard InChI is InChI=1S/C23H34N4O/c1-17-5-4-6-22(18(17)2)25-23(28)19(3)27-13-11-26(12-14-27)16-21-9-7-20(15-24)8-10-21/h7-10,17-19,22H,4-6,11-14,16H2,1-3H3,(H,25,28). The van der Waals surface area contributed by atoms with Crippen molar-refractivity contribution in [3.8, 4) is 6.07 Å². The van der Waals surface area contributed by atoms with E-state index < -0.39 is 0 Å². The molecule has 1 heterocycles. The van der Waals surface area contributed by atoms with E-state index in [1.54, 1.807) is 0 Å². The van der Waals surface area contributed by atoms with Gasteiger partial charge < -0.3 is 5.32 Å². The molecule has 152 valence electrons. The quantitative estimate of drug-likeness (QED) is 0.850. The Morgan fingerprint density at radius 2 is 1.86 bits per heavy atom. The smallest absolute Gasteiger partial charge is 0.237 e. The summed E-state index contributed by atoms with van der Waals surface area (Å²) < 4.78 is 0. The molecule has 1 saturated heterocycles. The molecule has 0 aromatic heterocycles. The van der Waals surface area contributed by atoms with Gasteiger partial charge in [0, 0.05) is 38.8 Å². The van der Waals surface area contributed by atoms with Crippen LogP contribution in [0.4, 0.5) is 0 Å². The van der Waals surface area contributed by atoms with Crippen molar-refractivity contribution in [3.63, 3.8) is 0 Å². The van der Waals surface area contributed by atoms with Crippen LogP contribution in [0.25, 0.3) is 0 Å². The topological polar surface area (TPSA) is 59.4 Å². The van der Waals surface area contributed by atoms with E-state index in [9.17, 15) is 4.79 Å². The van der Waals surface area contributed by atoms with E-state index in [1.807, 2.05) is 31.2 Å². The summed E-state index contributed by atoms with van der Waals surface area (Å²) in [6, 6.07) is 10.3. The predicted octanol–water partition coefficient (Wildman–Crippen LogP) is 3.01. The fourth-order valence-corrected chi connectivity index (χ4v) is 4.51. The van der Waals surface area contributed by atoms with Gasteiger partial charge in [-0.1, -0.05) is 38.8 Å². The molecule has 28 heavy (non-hydrogen) atoms. The molecule has 0 radical (unpaired) electrons. The number of carbonyl (C=O) groups excluding carboxylic acids is 1. The lowest BCUT2D eigenvalue weighted by atomic mass is 9.78. The number of benzene rings is 1. The van der Waals surface area contributed by atoms with Gasteiger partial charge in [-0.3, -0.25) is 14.6 Å². The Kier molecular flexibility index (Phi) is 7.09. The minimum Gasteiger partial charge on any atom is -0.352 e. The maximum absolute atomic E-state index is 12.8. The number of nitriles is 1. The minimum absolute atomic E-state index is 0.0681. The van der Waals surface area contributed by atoms with Crippen LogP contribution in [0.15, 0.2) is 24.3 Å². The average Bonchev–Trinajstić information content (AvgIpc) is 2.72. The summed E-state index contributed by atoms with van der Waals surface area (Å²) in [7, 11) is 0. The van der Waals surface area contributed by atoms with Crippen molar-refractivity contribution >= 4 is 5.91 Å². The zero-order valence-corrected chi connectivity index (χ0v) is 17.5. The Hall–Kier alpha value is -1.90. The number of hydrogen-bond acceptors (Lipinski definition) is 4. The molecule has 3 rings (SSSR count). The van der Waals surface area contributed by atoms with Gasteiger partial charge in [0.1, 0.15) is 0 Å². The van der Waals surface area contributed by atoms with Crippen molar-refractivity contribution in [3.05, 3.63) is 35.4 Å². The lowest BCUT2D eigenvalue weighted by Crippen LogP contribution is -2.56. The van der Waals surface area contributed by atoms with Gasteiger partial charge >= 0.3 is 0 Å². The first-order valence-electron chi connectivity index (χ1n) is 10.7. The molecule has 1 amide bonds. The summed E-state index contributed by atoms with van der Waals surface area (Å²) in [5.74, 6) is 1.45. The minimum atomic E-state index is -0.0681. The van der Waals surface area contributed by atoms with Crippen molar-refractivity contribution in [2.24, 2.45) is 11.8 Å². The highest BCUT2D eigenvalue weighted by Gasteiger charge is 2.31. The van der Waals surface area contributed by atoms with Crippen molar-refractivity contribution in [1.29, 1.82) is 5.26 Å². The van der Waals surface area contributed by atoms with Crippen LogP contribution in [0.1, 0.15) is 51.2 Å². The summed E-state index contributed by atoms with van der Waals surface area (Å²) in [6.07, 6.45) is 3.62. The maximum Gasteiger partial charge on any atom is 0.237 e. The molecule has 1 aromatic rings. The third kappa shape index (κ3) is 5.12. The highest BCUT2D eigenvalue weighted by Crippen LogP contribution is 2.29. The third-order valence-electron chi connectivity index (χ3n) is 6.86. The predicted molar refractivity (Wildman–Crippen MR) is 112 cm³/mol. The first kappa shape index (κ1) is 20.8. The van der Waals surface area contributed by atoms with Gasteiger partial charge in [0.05, 0.1) is 17.7 Å². The molecule has 2 aliphatic rings. The van der Waals surface area contributed by atoms with Gasteiger partial charge in [0.2, 0.25) is 5.91 Å². The molecule has 1 aliphatic carbocycles. The fourth-order valence-electron chi connectivity index (χ4n) is 4.51. The molecule has 0 bridgehead atoms. The van der Waals surface area contributed by atoms with Gasteiger partial charge in [0.15, 0.2) is 0 Å².